The van der Waals surface area contributed by atoms with Gasteiger partial charge in [-0.2, -0.15) is 0 Å². The van der Waals surface area contributed by atoms with Crippen LogP contribution in [0.1, 0.15) is 62.0 Å². The van der Waals surface area contributed by atoms with E-state index in [-0.39, 0.29) is 29.9 Å². The molecule has 1 saturated carbocycles. The molecular weight excluding hydrogens is 394 g/mol. The van der Waals surface area contributed by atoms with Gasteiger partial charge in [-0.3, -0.25) is 9.59 Å². The summed E-state index contributed by atoms with van der Waals surface area (Å²) in [7, 11) is 0. The number of nitrogens with zero attached hydrogens (tertiary/aromatic N) is 3. The lowest BCUT2D eigenvalue weighted by atomic mass is 10.2. The van der Waals surface area contributed by atoms with E-state index >= 15 is 0 Å². The second-order valence-corrected chi connectivity index (χ2v) is 8.89. The van der Waals surface area contributed by atoms with Crippen LogP contribution < -0.4 is 0 Å². The Morgan fingerprint density at radius 2 is 1.87 bits per heavy atom. The molecule has 0 aromatic carbocycles. The van der Waals surface area contributed by atoms with Crippen LogP contribution in [0.2, 0.25) is 0 Å². The van der Waals surface area contributed by atoms with Gasteiger partial charge in [-0.05, 0) is 57.4 Å². The van der Waals surface area contributed by atoms with Crippen LogP contribution in [0.15, 0.2) is 34.9 Å². The largest absolute Gasteiger partial charge is 0.454 e. The zero-order valence-corrected chi connectivity index (χ0v) is 18.8. The standard InChI is InChI=1S/C24H33N3O4/c1-4-11-26(23(28)19-7-8-19)15-20-6-5-12-25(20)16-21-9-10-22(31-21)24(29)27-13-17(2)30-18(3)14-27/h5-6,9-10,12,17-19H,4,7-8,11,13-16H2,1-3H3/t17-,18-/m1/s1. The van der Waals surface area contributed by atoms with Crippen molar-refractivity contribution in [3.8, 4) is 0 Å². The summed E-state index contributed by atoms with van der Waals surface area (Å²) in [5.74, 6) is 1.49. The van der Waals surface area contributed by atoms with Crippen LogP contribution in [0, 0.1) is 5.92 Å². The van der Waals surface area contributed by atoms with Crippen molar-refractivity contribution in [1.82, 2.24) is 14.4 Å². The first-order chi connectivity index (χ1) is 14.9. The molecule has 2 amide bonds. The smallest absolute Gasteiger partial charge is 0.289 e. The van der Waals surface area contributed by atoms with Gasteiger partial charge in [0.05, 0.1) is 25.3 Å². The van der Waals surface area contributed by atoms with E-state index in [2.05, 4.69) is 11.5 Å². The van der Waals surface area contributed by atoms with Crippen LogP contribution >= 0.6 is 0 Å². The van der Waals surface area contributed by atoms with Crippen molar-refractivity contribution >= 4 is 11.8 Å². The second-order valence-electron chi connectivity index (χ2n) is 8.89. The van der Waals surface area contributed by atoms with Crippen molar-refractivity contribution < 1.29 is 18.7 Å². The third kappa shape index (κ3) is 5.21. The highest BCUT2D eigenvalue weighted by Crippen LogP contribution is 2.31. The molecule has 2 fully saturated rings. The quantitative estimate of drug-likeness (QED) is 0.646. The van der Waals surface area contributed by atoms with Crippen LogP contribution in [0.5, 0.6) is 0 Å². The Bertz CT molecular complexity index is 904. The lowest BCUT2D eigenvalue weighted by molar-refractivity contribution is -0.133. The Hall–Kier alpha value is -2.54. The van der Waals surface area contributed by atoms with Gasteiger partial charge in [-0.15, -0.1) is 0 Å². The lowest BCUT2D eigenvalue weighted by Crippen LogP contribution is -2.48. The number of hydrogen-bond donors (Lipinski definition) is 0. The van der Waals surface area contributed by atoms with E-state index in [0.717, 1.165) is 37.3 Å². The van der Waals surface area contributed by atoms with Gasteiger partial charge >= 0.3 is 0 Å². The highest BCUT2D eigenvalue weighted by molar-refractivity contribution is 5.91. The highest BCUT2D eigenvalue weighted by atomic mass is 16.5. The molecule has 3 heterocycles. The third-order valence-corrected chi connectivity index (χ3v) is 5.91. The molecule has 0 radical (unpaired) electrons. The first-order valence-electron chi connectivity index (χ1n) is 11.4. The number of rotatable bonds is 8. The Labute approximate surface area is 183 Å². The van der Waals surface area contributed by atoms with Gasteiger partial charge in [0.1, 0.15) is 5.76 Å². The number of carbonyl (C=O) groups is 2. The molecule has 0 N–H and O–H groups in total. The first kappa shape index (κ1) is 21.7. The topological polar surface area (TPSA) is 67.9 Å². The summed E-state index contributed by atoms with van der Waals surface area (Å²) < 4.78 is 13.7. The molecule has 31 heavy (non-hydrogen) atoms. The Balaban J connectivity index is 1.41. The zero-order valence-electron chi connectivity index (χ0n) is 18.8. The van der Waals surface area contributed by atoms with E-state index in [0.29, 0.717) is 31.9 Å². The van der Waals surface area contributed by atoms with Crippen molar-refractivity contribution in [2.75, 3.05) is 19.6 Å². The van der Waals surface area contributed by atoms with Gasteiger partial charge in [0, 0.05) is 37.4 Å². The van der Waals surface area contributed by atoms with Crippen LogP contribution in [0.4, 0.5) is 0 Å². The summed E-state index contributed by atoms with van der Waals surface area (Å²) in [6.45, 7) is 9.11. The van der Waals surface area contributed by atoms with Crippen molar-refractivity contribution in [3.63, 3.8) is 0 Å². The molecular formula is C24H33N3O4. The van der Waals surface area contributed by atoms with Gasteiger partial charge < -0.3 is 23.5 Å². The summed E-state index contributed by atoms with van der Waals surface area (Å²) in [5.41, 5.74) is 1.07. The summed E-state index contributed by atoms with van der Waals surface area (Å²) in [5, 5.41) is 0. The molecule has 0 spiro atoms. The molecule has 168 valence electrons. The second kappa shape index (κ2) is 9.30. The molecule has 4 rings (SSSR count). The van der Waals surface area contributed by atoms with Crippen LogP contribution in [0.3, 0.4) is 0 Å². The maximum atomic E-state index is 12.9. The van der Waals surface area contributed by atoms with Crippen molar-refractivity contribution in [2.24, 2.45) is 5.92 Å². The Morgan fingerprint density at radius 1 is 1.13 bits per heavy atom. The third-order valence-electron chi connectivity index (χ3n) is 5.91. The number of ether oxygens (including phenoxy) is 1. The monoisotopic (exact) mass is 427 g/mol. The van der Waals surface area contributed by atoms with E-state index in [9.17, 15) is 9.59 Å². The van der Waals surface area contributed by atoms with E-state index in [4.69, 9.17) is 9.15 Å². The van der Waals surface area contributed by atoms with E-state index in [1.807, 2.05) is 43.1 Å². The van der Waals surface area contributed by atoms with Crippen LogP contribution in [0.25, 0.3) is 0 Å². The lowest BCUT2D eigenvalue weighted by Gasteiger charge is -2.34. The minimum Gasteiger partial charge on any atom is -0.454 e. The maximum absolute atomic E-state index is 12.9. The van der Waals surface area contributed by atoms with Gasteiger partial charge in [-0.1, -0.05) is 6.92 Å². The van der Waals surface area contributed by atoms with Gasteiger partial charge in [-0.25, -0.2) is 0 Å². The van der Waals surface area contributed by atoms with E-state index in [1.54, 1.807) is 11.0 Å². The molecule has 0 bridgehead atoms. The van der Waals surface area contributed by atoms with Crippen molar-refractivity contribution in [1.29, 1.82) is 0 Å². The summed E-state index contributed by atoms with van der Waals surface area (Å²) in [6.07, 6.45) is 5.02. The molecule has 0 unspecified atom stereocenters. The number of aromatic nitrogens is 1. The molecule has 2 aromatic heterocycles. The average Bonchev–Trinajstić information content (AvgIpc) is 3.33. The normalized spacial score (nSPS) is 21.3. The number of carbonyl (C=O) groups excluding carboxylic acids is 2. The Morgan fingerprint density at radius 3 is 2.55 bits per heavy atom. The summed E-state index contributed by atoms with van der Waals surface area (Å²) >= 11 is 0. The molecule has 1 aliphatic heterocycles. The number of hydrogen-bond acceptors (Lipinski definition) is 4. The number of morpholine rings is 1. The van der Waals surface area contributed by atoms with Crippen LogP contribution in [-0.4, -0.2) is 58.0 Å². The van der Waals surface area contributed by atoms with Gasteiger partial charge in [0.25, 0.3) is 5.91 Å². The fourth-order valence-corrected chi connectivity index (χ4v) is 4.31. The number of amides is 2. The molecule has 2 aromatic rings. The minimum atomic E-state index is -0.0925. The van der Waals surface area contributed by atoms with Crippen LogP contribution in [-0.2, 0) is 22.6 Å². The minimum absolute atomic E-state index is 0.0222. The predicted molar refractivity (Wildman–Crippen MR) is 117 cm³/mol. The van der Waals surface area contributed by atoms with Gasteiger partial charge in [0.15, 0.2) is 5.76 Å². The van der Waals surface area contributed by atoms with E-state index < -0.39 is 0 Å². The molecule has 1 aliphatic carbocycles. The van der Waals surface area contributed by atoms with Crippen molar-refractivity contribution in [2.45, 2.75) is 65.3 Å². The molecule has 7 heteroatoms. The zero-order chi connectivity index (χ0) is 22.0. The first-order valence-corrected chi connectivity index (χ1v) is 11.4. The molecule has 7 nitrogen and oxygen atoms in total. The molecule has 2 aliphatic rings. The highest BCUT2D eigenvalue weighted by Gasteiger charge is 2.33. The SMILES string of the molecule is CCCN(Cc1cccn1Cc1ccc(C(=O)N2C[C@@H](C)O[C@H](C)C2)o1)C(=O)C1CC1. The van der Waals surface area contributed by atoms with Gasteiger partial charge in [0.2, 0.25) is 5.91 Å². The summed E-state index contributed by atoms with van der Waals surface area (Å²) in [4.78, 5) is 29.2. The molecule has 1 saturated heterocycles. The average molecular weight is 428 g/mol. The predicted octanol–water partition coefficient (Wildman–Crippen LogP) is 3.53. The fraction of sp³-hybridized carbons (Fsp3) is 0.583. The van der Waals surface area contributed by atoms with E-state index in [1.165, 1.54) is 0 Å². The maximum Gasteiger partial charge on any atom is 0.289 e. The van der Waals surface area contributed by atoms with Crippen molar-refractivity contribution in [3.05, 3.63) is 47.7 Å². The fourth-order valence-electron chi connectivity index (χ4n) is 4.31. The summed E-state index contributed by atoms with van der Waals surface area (Å²) in [6, 6.07) is 7.66. The Kier molecular flexibility index (Phi) is 6.51. The number of furan rings is 1. The molecule has 2 atom stereocenters.